The van der Waals surface area contributed by atoms with E-state index in [9.17, 15) is 9.59 Å². The van der Waals surface area contributed by atoms with Gasteiger partial charge in [-0.05, 0) is 38.1 Å². The van der Waals surface area contributed by atoms with Crippen molar-refractivity contribution in [1.82, 2.24) is 0 Å². The molecule has 0 fully saturated rings. The maximum absolute atomic E-state index is 12.7. The Balaban J connectivity index is 2.41. The van der Waals surface area contributed by atoms with E-state index < -0.39 is 5.91 Å². The molecule has 2 aromatic rings. The van der Waals surface area contributed by atoms with E-state index in [1.165, 1.54) is 4.90 Å². The first-order valence-corrected chi connectivity index (χ1v) is 6.71. The van der Waals surface area contributed by atoms with Gasteiger partial charge in [0, 0.05) is 11.3 Å². The van der Waals surface area contributed by atoms with E-state index >= 15 is 0 Å². The van der Waals surface area contributed by atoms with E-state index in [1.807, 2.05) is 50.2 Å². The molecule has 0 bridgehead atoms. The summed E-state index contributed by atoms with van der Waals surface area (Å²) in [7, 11) is 0. The minimum atomic E-state index is -0.545. The van der Waals surface area contributed by atoms with E-state index in [-0.39, 0.29) is 12.5 Å². The van der Waals surface area contributed by atoms with Crippen molar-refractivity contribution in [1.29, 1.82) is 0 Å². The van der Waals surface area contributed by atoms with Crippen molar-refractivity contribution in [3.63, 3.8) is 0 Å². The normalized spacial score (nSPS) is 10.2. The Hall–Kier alpha value is -2.62. The number of aryl methyl sites for hydroxylation is 2. The summed E-state index contributed by atoms with van der Waals surface area (Å²) in [4.78, 5) is 25.4. The second-order valence-electron chi connectivity index (χ2n) is 5.07. The smallest absolute Gasteiger partial charge is 0.258 e. The van der Waals surface area contributed by atoms with Crippen LogP contribution in [0.25, 0.3) is 0 Å². The van der Waals surface area contributed by atoms with Crippen LogP contribution in [0, 0.1) is 13.8 Å². The number of benzene rings is 2. The van der Waals surface area contributed by atoms with Gasteiger partial charge in [0.25, 0.3) is 5.91 Å². The highest BCUT2D eigenvalue weighted by Crippen LogP contribution is 2.18. The van der Waals surface area contributed by atoms with Crippen LogP contribution in [0.15, 0.2) is 48.5 Å². The molecule has 0 aromatic heterocycles. The fraction of sp³-hybridized carbons (Fsp3) is 0.176. The molecule has 0 radical (unpaired) electrons. The van der Waals surface area contributed by atoms with Gasteiger partial charge in [0.2, 0.25) is 5.91 Å². The van der Waals surface area contributed by atoms with Crippen LogP contribution in [0.5, 0.6) is 0 Å². The molecule has 0 aliphatic rings. The van der Waals surface area contributed by atoms with Crippen LogP contribution in [0.1, 0.15) is 21.5 Å². The second kappa shape index (κ2) is 6.22. The molecule has 2 N–H and O–H groups in total. The van der Waals surface area contributed by atoms with Crippen molar-refractivity contribution < 1.29 is 9.59 Å². The van der Waals surface area contributed by atoms with E-state index in [1.54, 1.807) is 12.1 Å². The van der Waals surface area contributed by atoms with Crippen LogP contribution in [0.4, 0.5) is 5.69 Å². The number of anilines is 1. The Morgan fingerprint density at radius 2 is 1.57 bits per heavy atom. The zero-order valence-corrected chi connectivity index (χ0v) is 12.2. The van der Waals surface area contributed by atoms with Gasteiger partial charge < -0.3 is 5.73 Å². The standard InChI is InChI=1S/C17H18N2O2/c1-12-8-13(2)10-14(9-12)17(21)19(11-16(18)20)15-6-4-3-5-7-15/h3-10H,11H2,1-2H3,(H2,18,20). The summed E-state index contributed by atoms with van der Waals surface area (Å²) >= 11 is 0. The summed E-state index contributed by atoms with van der Waals surface area (Å²) in [6.07, 6.45) is 0. The van der Waals surface area contributed by atoms with Gasteiger partial charge in [-0.2, -0.15) is 0 Å². The number of nitrogens with zero attached hydrogens (tertiary/aromatic N) is 1. The molecule has 0 unspecified atom stereocenters. The highest BCUT2D eigenvalue weighted by Gasteiger charge is 2.19. The number of primary amides is 1. The molecule has 2 rings (SSSR count). The number of hydrogen-bond acceptors (Lipinski definition) is 2. The van der Waals surface area contributed by atoms with Crippen molar-refractivity contribution >= 4 is 17.5 Å². The predicted octanol–water partition coefficient (Wildman–Crippen LogP) is 2.44. The lowest BCUT2D eigenvalue weighted by molar-refractivity contribution is -0.116. The zero-order chi connectivity index (χ0) is 15.4. The van der Waals surface area contributed by atoms with Crippen molar-refractivity contribution in [2.75, 3.05) is 11.4 Å². The first-order chi connectivity index (χ1) is 9.97. The Labute approximate surface area is 124 Å². The van der Waals surface area contributed by atoms with Crippen molar-refractivity contribution in [2.45, 2.75) is 13.8 Å². The minimum absolute atomic E-state index is 0.143. The molecule has 0 saturated carbocycles. The summed E-state index contributed by atoms with van der Waals surface area (Å²) in [6, 6.07) is 14.7. The van der Waals surface area contributed by atoms with Crippen molar-refractivity contribution in [2.24, 2.45) is 5.73 Å². The molecule has 4 heteroatoms. The number of amides is 2. The van der Waals surface area contributed by atoms with Gasteiger partial charge in [-0.15, -0.1) is 0 Å². The lowest BCUT2D eigenvalue weighted by Gasteiger charge is -2.21. The highest BCUT2D eigenvalue weighted by atomic mass is 16.2. The summed E-state index contributed by atoms with van der Waals surface area (Å²) in [5, 5.41) is 0. The lowest BCUT2D eigenvalue weighted by atomic mass is 10.1. The topological polar surface area (TPSA) is 63.4 Å². The van der Waals surface area contributed by atoms with Gasteiger partial charge in [0.15, 0.2) is 0 Å². The van der Waals surface area contributed by atoms with Crippen LogP contribution in [0.3, 0.4) is 0 Å². The molecular weight excluding hydrogens is 264 g/mol. The Morgan fingerprint density at radius 1 is 1.00 bits per heavy atom. The molecule has 0 atom stereocenters. The number of rotatable bonds is 4. The summed E-state index contributed by atoms with van der Waals surface area (Å²) in [6.45, 7) is 3.73. The van der Waals surface area contributed by atoms with Gasteiger partial charge in [-0.3, -0.25) is 14.5 Å². The molecule has 0 heterocycles. The molecule has 21 heavy (non-hydrogen) atoms. The van der Waals surface area contributed by atoms with Gasteiger partial charge in [-0.25, -0.2) is 0 Å². The van der Waals surface area contributed by atoms with E-state index in [0.717, 1.165) is 11.1 Å². The fourth-order valence-electron chi connectivity index (χ4n) is 2.30. The average molecular weight is 282 g/mol. The minimum Gasteiger partial charge on any atom is -0.368 e. The van der Waals surface area contributed by atoms with Crippen LogP contribution in [-0.2, 0) is 4.79 Å². The summed E-state index contributed by atoms with van der Waals surface area (Å²) in [5.41, 5.74) is 8.49. The third kappa shape index (κ3) is 3.69. The molecule has 0 aliphatic carbocycles. The molecule has 4 nitrogen and oxygen atoms in total. The SMILES string of the molecule is Cc1cc(C)cc(C(=O)N(CC(N)=O)c2ccccc2)c1. The Bertz CT molecular complexity index is 645. The van der Waals surface area contributed by atoms with E-state index in [4.69, 9.17) is 5.73 Å². The average Bonchev–Trinajstić information content (AvgIpc) is 2.44. The Morgan fingerprint density at radius 3 is 2.10 bits per heavy atom. The molecule has 0 spiro atoms. The monoisotopic (exact) mass is 282 g/mol. The van der Waals surface area contributed by atoms with Gasteiger partial charge in [0.05, 0.1) is 0 Å². The summed E-state index contributed by atoms with van der Waals surface area (Å²) in [5.74, 6) is -0.775. The maximum atomic E-state index is 12.7. The number of nitrogens with two attached hydrogens (primary N) is 1. The van der Waals surface area contributed by atoms with Gasteiger partial charge >= 0.3 is 0 Å². The molecule has 0 aliphatic heterocycles. The lowest BCUT2D eigenvalue weighted by Crippen LogP contribution is -2.38. The first kappa shape index (κ1) is 14.8. The molecule has 2 aromatic carbocycles. The quantitative estimate of drug-likeness (QED) is 0.936. The van der Waals surface area contributed by atoms with Crippen LogP contribution < -0.4 is 10.6 Å². The number of carbonyl (C=O) groups is 2. The van der Waals surface area contributed by atoms with Crippen molar-refractivity contribution in [3.8, 4) is 0 Å². The van der Waals surface area contributed by atoms with E-state index in [0.29, 0.717) is 11.3 Å². The first-order valence-electron chi connectivity index (χ1n) is 6.71. The van der Waals surface area contributed by atoms with Gasteiger partial charge in [0.1, 0.15) is 6.54 Å². The predicted molar refractivity (Wildman–Crippen MR) is 83.2 cm³/mol. The zero-order valence-electron chi connectivity index (χ0n) is 12.2. The molecule has 2 amide bonds. The van der Waals surface area contributed by atoms with E-state index in [2.05, 4.69) is 0 Å². The Kier molecular flexibility index (Phi) is 4.38. The second-order valence-corrected chi connectivity index (χ2v) is 5.07. The number of hydrogen-bond donors (Lipinski definition) is 1. The fourth-order valence-corrected chi connectivity index (χ4v) is 2.30. The molecule has 0 saturated heterocycles. The van der Waals surface area contributed by atoms with Crippen molar-refractivity contribution in [3.05, 3.63) is 65.2 Å². The summed E-state index contributed by atoms with van der Waals surface area (Å²) < 4.78 is 0. The number of para-hydroxylation sites is 1. The van der Waals surface area contributed by atoms with Gasteiger partial charge in [-0.1, -0.05) is 35.4 Å². The third-order valence-electron chi connectivity index (χ3n) is 3.10. The van der Waals surface area contributed by atoms with Crippen LogP contribution in [0.2, 0.25) is 0 Å². The van der Waals surface area contributed by atoms with Crippen LogP contribution in [-0.4, -0.2) is 18.4 Å². The molecular formula is C17H18N2O2. The molecule has 108 valence electrons. The maximum Gasteiger partial charge on any atom is 0.258 e. The van der Waals surface area contributed by atoms with Crippen LogP contribution >= 0.6 is 0 Å². The number of carbonyl (C=O) groups excluding carboxylic acids is 2. The largest absolute Gasteiger partial charge is 0.368 e. The highest BCUT2D eigenvalue weighted by molar-refractivity contribution is 6.08. The third-order valence-corrected chi connectivity index (χ3v) is 3.10.